The zero-order valence-corrected chi connectivity index (χ0v) is 12.2. The van der Waals surface area contributed by atoms with Crippen molar-refractivity contribution in [3.05, 3.63) is 29.6 Å². The fourth-order valence-electron chi connectivity index (χ4n) is 3.60. The molecule has 2 fully saturated rings. The van der Waals surface area contributed by atoms with E-state index in [2.05, 4.69) is 22.9 Å². The van der Waals surface area contributed by atoms with E-state index in [-0.39, 0.29) is 6.10 Å². The molecule has 4 nitrogen and oxygen atoms in total. The summed E-state index contributed by atoms with van der Waals surface area (Å²) in [6.45, 7) is 5.47. The molecule has 1 saturated carbocycles. The SMILES string of the molecule is Cc1cncc(CN2CCOC[C@@H]2[C@@H]2CCC[C@H]2O)c1. The molecule has 3 atom stereocenters. The third-order valence-electron chi connectivity index (χ3n) is 4.62. The number of ether oxygens (including phenoxy) is 1. The molecule has 1 N–H and O–H groups in total. The molecule has 0 aromatic carbocycles. The van der Waals surface area contributed by atoms with E-state index in [1.54, 1.807) is 0 Å². The van der Waals surface area contributed by atoms with Gasteiger partial charge in [0, 0.05) is 37.4 Å². The van der Waals surface area contributed by atoms with Crippen molar-refractivity contribution in [2.75, 3.05) is 19.8 Å². The van der Waals surface area contributed by atoms with Crippen LogP contribution in [0.1, 0.15) is 30.4 Å². The number of aliphatic hydroxyl groups excluding tert-OH is 1. The Hall–Kier alpha value is -0.970. The van der Waals surface area contributed by atoms with E-state index in [0.29, 0.717) is 12.0 Å². The summed E-state index contributed by atoms with van der Waals surface area (Å²) in [5.41, 5.74) is 2.46. The molecule has 20 heavy (non-hydrogen) atoms. The van der Waals surface area contributed by atoms with Crippen LogP contribution in [0.3, 0.4) is 0 Å². The summed E-state index contributed by atoms with van der Waals surface area (Å²) in [5, 5.41) is 10.2. The Balaban J connectivity index is 1.72. The van der Waals surface area contributed by atoms with Crippen LogP contribution in [0, 0.1) is 12.8 Å². The zero-order valence-electron chi connectivity index (χ0n) is 12.2. The maximum Gasteiger partial charge on any atom is 0.0626 e. The normalized spacial score (nSPS) is 31.6. The van der Waals surface area contributed by atoms with Crippen molar-refractivity contribution in [3.63, 3.8) is 0 Å². The predicted octanol–water partition coefficient (Wildman–Crippen LogP) is 1.75. The molecule has 0 amide bonds. The van der Waals surface area contributed by atoms with Gasteiger partial charge in [0.15, 0.2) is 0 Å². The van der Waals surface area contributed by atoms with Gasteiger partial charge in [0.25, 0.3) is 0 Å². The summed E-state index contributed by atoms with van der Waals surface area (Å²) >= 11 is 0. The van der Waals surface area contributed by atoms with E-state index in [0.717, 1.165) is 45.6 Å². The molecule has 3 rings (SSSR count). The summed E-state index contributed by atoms with van der Waals surface area (Å²) < 4.78 is 5.67. The molecule has 2 heterocycles. The highest BCUT2D eigenvalue weighted by molar-refractivity contribution is 5.16. The van der Waals surface area contributed by atoms with Crippen molar-refractivity contribution in [1.82, 2.24) is 9.88 Å². The first kappa shape index (κ1) is 14.0. The van der Waals surface area contributed by atoms with Crippen LogP contribution >= 0.6 is 0 Å². The van der Waals surface area contributed by atoms with Gasteiger partial charge in [-0.3, -0.25) is 9.88 Å². The monoisotopic (exact) mass is 276 g/mol. The molecule has 1 aromatic rings. The van der Waals surface area contributed by atoms with Gasteiger partial charge in [-0.05, 0) is 30.9 Å². The summed E-state index contributed by atoms with van der Waals surface area (Å²) in [7, 11) is 0. The number of aliphatic hydroxyl groups is 1. The molecule has 0 radical (unpaired) electrons. The van der Waals surface area contributed by atoms with Crippen molar-refractivity contribution >= 4 is 0 Å². The minimum absolute atomic E-state index is 0.153. The Morgan fingerprint density at radius 3 is 3.05 bits per heavy atom. The van der Waals surface area contributed by atoms with Crippen LogP contribution in [0.25, 0.3) is 0 Å². The molecule has 1 saturated heterocycles. The minimum Gasteiger partial charge on any atom is -0.393 e. The quantitative estimate of drug-likeness (QED) is 0.913. The zero-order chi connectivity index (χ0) is 13.9. The van der Waals surface area contributed by atoms with Crippen molar-refractivity contribution in [2.45, 2.75) is 44.9 Å². The molecule has 0 bridgehead atoms. The first-order chi connectivity index (χ1) is 9.74. The number of pyridine rings is 1. The highest BCUT2D eigenvalue weighted by Crippen LogP contribution is 2.32. The lowest BCUT2D eigenvalue weighted by Gasteiger charge is -2.40. The molecule has 1 aliphatic carbocycles. The Morgan fingerprint density at radius 1 is 1.40 bits per heavy atom. The number of aryl methyl sites for hydroxylation is 1. The van der Waals surface area contributed by atoms with E-state index in [1.807, 2.05) is 12.4 Å². The highest BCUT2D eigenvalue weighted by atomic mass is 16.5. The number of rotatable bonds is 3. The number of morpholine rings is 1. The number of hydrogen-bond acceptors (Lipinski definition) is 4. The van der Waals surface area contributed by atoms with Gasteiger partial charge in [0.05, 0.1) is 19.3 Å². The lowest BCUT2D eigenvalue weighted by molar-refractivity contribution is -0.0536. The molecular formula is C16H24N2O2. The largest absolute Gasteiger partial charge is 0.393 e. The molecule has 1 aromatic heterocycles. The second-order valence-electron chi connectivity index (χ2n) is 6.15. The minimum atomic E-state index is -0.153. The van der Waals surface area contributed by atoms with Crippen molar-refractivity contribution in [1.29, 1.82) is 0 Å². The number of nitrogens with zero attached hydrogens (tertiary/aromatic N) is 2. The van der Waals surface area contributed by atoms with Crippen LogP contribution in [0.5, 0.6) is 0 Å². The van der Waals surface area contributed by atoms with Crippen molar-refractivity contribution in [3.8, 4) is 0 Å². The third-order valence-corrected chi connectivity index (χ3v) is 4.62. The number of hydrogen-bond donors (Lipinski definition) is 1. The fourth-order valence-corrected chi connectivity index (χ4v) is 3.60. The van der Waals surface area contributed by atoms with Gasteiger partial charge in [-0.15, -0.1) is 0 Å². The van der Waals surface area contributed by atoms with E-state index in [4.69, 9.17) is 4.74 Å². The topological polar surface area (TPSA) is 45.6 Å². The molecular weight excluding hydrogens is 252 g/mol. The Labute approximate surface area is 120 Å². The van der Waals surface area contributed by atoms with E-state index >= 15 is 0 Å². The van der Waals surface area contributed by atoms with Crippen LogP contribution in [-0.2, 0) is 11.3 Å². The third kappa shape index (κ3) is 3.03. The van der Waals surface area contributed by atoms with Gasteiger partial charge >= 0.3 is 0 Å². The molecule has 2 aliphatic rings. The number of aromatic nitrogens is 1. The van der Waals surface area contributed by atoms with Crippen molar-refractivity contribution < 1.29 is 9.84 Å². The summed E-state index contributed by atoms with van der Waals surface area (Å²) in [6, 6.07) is 2.55. The molecule has 0 spiro atoms. The lowest BCUT2D eigenvalue weighted by Crippen LogP contribution is -2.50. The van der Waals surface area contributed by atoms with Crippen LogP contribution in [0.4, 0.5) is 0 Å². The standard InChI is InChI=1S/C16H24N2O2/c1-12-7-13(9-17-8-12)10-18-5-6-20-11-15(18)14-3-2-4-16(14)19/h7-9,14-16,19H,2-6,10-11H2,1H3/t14-,15+,16+/m0/s1. The summed E-state index contributed by atoms with van der Waals surface area (Å²) in [4.78, 5) is 6.75. The van der Waals surface area contributed by atoms with E-state index < -0.39 is 0 Å². The highest BCUT2D eigenvalue weighted by Gasteiger charge is 2.37. The summed E-state index contributed by atoms with van der Waals surface area (Å²) in [6.07, 6.45) is 6.90. The fraction of sp³-hybridized carbons (Fsp3) is 0.688. The first-order valence-corrected chi connectivity index (χ1v) is 7.64. The van der Waals surface area contributed by atoms with E-state index in [9.17, 15) is 5.11 Å². The second kappa shape index (κ2) is 6.20. The second-order valence-corrected chi connectivity index (χ2v) is 6.15. The van der Waals surface area contributed by atoms with E-state index in [1.165, 1.54) is 11.1 Å². The van der Waals surface area contributed by atoms with Gasteiger partial charge in [-0.2, -0.15) is 0 Å². The Bertz CT molecular complexity index is 452. The van der Waals surface area contributed by atoms with Gasteiger partial charge in [-0.25, -0.2) is 0 Å². The van der Waals surface area contributed by atoms with Crippen LogP contribution in [0.2, 0.25) is 0 Å². The predicted molar refractivity (Wildman–Crippen MR) is 77.3 cm³/mol. The Kier molecular flexibility index (Phi) is 4.34. The molecule has 4 heteroatoms. The molecule has 110 valence electrons. The van der Waals surface area contributed by atoms with Gasteiger partial charge in [0.1, 0.15) is 0 Å². The smallest absolute Gasteiger partial charge is 0.0626 e. The maximum atomic E-state index is 10.2. The molecule has 0 unspecified atom stereocenters. The lowest BCUT2D eigenvalue weighted by atomic mass is 9.94. The van der Waals surface area contributed by atoms with Gasteiger partial charge in [0.2, 0.25) is 0 Å². The van der Waals surface area contributed by atoms with Gasteiger partial charge in [-0.1, -0.05) is 12.5 Å². The Morgan fingerprint density at radius 2 is 2.30 bits per heavy atom. The van der Waals surface area contributed by atoms with Crippen LogP contribution < -0.4 is 0 Å². The molecule has 1 aliphatic heterocycles. The van der Waals surface area contributed by atoms with Gasteiger partial charge < -0.3 is 9.84 Å². The summed E-state index contributed by atoms with van der Waals surface area (Å²) in [5.74, 6) is 0.369. The average molecular weight is 276 g/mol. The average Bonchev–Trinajstić information content (AvgIpc) is 2.86. The van der Waals surface area contributed by atoms with Crippen LogP contribution in [0.15, 0.2) is 18.5 Å². The van der Waals surface area contributed by atoms with Crippen LogP contribution in [-0.4, -0.2) is 46.9 Å². The maximum absolute atomic E-state index is 10.2. The first-order valence-electron chi connectivity index (χ1n) is 7.64. The van der Waals surface area contributed by atoms with Crippen molar-refractivity contribution in [2.24, 2.45) is 5.92 Å².